The van der Waals surface area contributed by atoms with Gasteiger partial charge in [-0.05, 0) is 25.8 Å². The van der Waals surface area contributed by atoms with Crippen LogP contribution in [0.25, 0.3) is 0 Å². The summed E-state index contributed by atoms with van der Waals surface area (Å²) >= 11 is 4.06. The second-order valence-corrected chi connectivity index (χ2v) is 7.39. The summed E-state index contributed by atoms with van der Waals surface area (Å²) in [4.78, 5) is 49.1. The minimum Gasteiger partial charge on any atom is -0.343 e. The Morgan fingerprint density at radius 3 is 2.54 bits per heavy atom. The number of nitrogens with two attached hydrogens (primary N) is 2. The quantitative estimate of drug-likeness (QED) is 0.123. The van der Waals surface area contributed by atoms with E-state index in [0.29, 0.717) is 25.8 Å². The van der Waals surface area contributed by atoms with Crippen LogP contribution in [0, 0.1) is 0 Å². The fourth-order valence-electron chi connectivity index (χ4n) is 2.94. The molecular formula is C18H33N5O4S. The molecule has 0 saturated carbocycles. The maximum Gasteiger partial charge on any atom is 0.244 e. The zero-order valence-electron chi connectivity index (χ0n) is 16.4. The molecule has 0 aliphatic carbocycles. The van der Waals surface area contributed by atoms with Crippen LogP contribution in [0.1, 0.15) is 45.4 Å². The molecule has 1 aliphatic heterocycles. The summed E-state index contributed by atoms with van der Waals surface area (Å²) in [5.41, 5.74) is 11.2. The minimum absolute atomic E-state index is 0.0426. The fraction of sp³-hybridized carbons (Fsp3) is 0.778. The van der Waals surface area contributed by atoms with Crippen molar-refractivity contribution < 1.29 is 19.2 Å². The van der Waals surface area contributed by atoms with Gasteiger partial charge >= 0.3 is 0 Å². The van der Waals surface area contributed by atoms with E-state index in [4.69, 9.17) is 11.5 Å². The van der Waals surface area contributed by atoms with E-state index in [1.165, 1.54) is 0 Å². The molecule has 160 valence electrons. The van der Waals surface area contributed by atoms with Gasteiger partial charge in [0.2, 0.25) is 23.4 Å². The number of thiol groups is 1. The van der Waals surface area contributed by atoms with Crippen molar-refractivity contribution in [2.24, 2.45) is 11.5 Å². The van der Waals surface area contributed by atoms with Gasteiger partial charge in [-0.3, -0.25) is 19.2 Å². The second kappa shape index (κ2) is 12.9. The van der Waals surface area contributed by atoms with Crippen LogP contribution in [-0.4, -0.2) is 66.4 Å². The van der Waals surface area contributed by atoms with Crippen molar-refractivity contribution in [1.29, 1.82) is 0 Å². The van der Waals surface area contributed by atoms with Gasteiger partial charge in [0.25, 0.3) is 0 Å². The smallest absolute Gasteiger partial charge is 0.244 e. The highest BCUT2D eigenvalue weighted by Crippen LogP contribution is 2.06. The van der Waals surface area contributed by atoms with Crippen LogP contribution in [0.3, 0.4) is 0 Å². The van der Waals surface area contributed by atoms with Gasteiger partial charge in [-0.1, -0.05) is 26.2 Å². The number of carbonyl (C=O) groups excluding carboxylic acids is 4. The van der Waals surface area contributed by atoms with E-state index < -0.39 is 35.6 Å². The van der Waals surface area contributed by atoms with Gasteiger partial charge in [-0.2, -0.15) is 12.6 Å². The maximum atomic E-state index is 12.4. The molecule has 0 aromatic heterocycles. The van der Waals surface area contributed by atoms with Crippen molar-refractivity contribution in [3.8, 4) is 0 Å². The SMILES string of the molecule is CCCC[C@@H]1NC[C@H](C(=O)N[C@@H](CS)C(=O)C(=O)[C@@H](N)CCCCN)NC1=O. The lowest BCUT2D eigenvalue weighted by molar-refractivity contribution is -0.140. The van der Waals surface area contributed by atoms with Gasteiger partial charge in [0, 0.05) is 12.3 Å². The van der Waals surface area contributed by atoms with Crippen molar-refractivity contribution in [2.75, 3.05) is 18.8 Å². The molecule has 0 aromatic carbocycles. The normalized spacial score (nSPS) is 21.5. The number of Topliss-reactive ketones (excluding diaryl/α,β-unsaturated/α-hetero) is 2. The average molecular weight is 416 g/mol. The molecule has 7 N–H and O–H groups in total. The highest BCUT2D eigenvalue weighted by molar-refractivity contribution is 7.80. The number of rotatable bonds is 13. The Hall–Kier alpha value is -1.49. The van der Waals surface area contributed by atoms with Gasteiger partial charge in [0.15, 0.2) is 0 Å². The summed E-state index contributed by atoms with van der Waals surface area (Å²) in [5.74, 6) is -2.33. The molecule has 0 bridgehead atoms. The Kier molecular flexibility index (Phi) is 11.3. The fourth-order valence-corrected chi connectivity index (χ4v) is 3.19. The van der Waals surface area contributed by atoms with Crippen molar-refractivity contribution in [1.82, 2.24) is 16.0 Å². The number of ketones is 2. The van der Waals surface area contributed by atoms with Crippen molar-refractivity contribution >= 4 is 36.0 Å². The van der Waals surface area contributed by atoms with E-state index in [0.717, 1.165) is 19.3 Å². The summed E-state index contributed by atoms with van der Waals surface area (Å²) < 4.78 is 0. The van der Waals surface area contributed by atoms with Crippen LogP contribution < -0.4 is 27.4 Å². The van der Waals surface area contributed by atoms with Crippen LogP contribution in [0.15, 0.2) is 0 Å². The molecule has 0 radical (unpaired) electrons. The second-order valence-electron chi connectivity index (χ2n) is 7.03. The lowest BCUT2D eigenvalue weighted by atomic mass is 9.99. The lowest BCUT2D eigenvalue weighted by Gasteiger charge is -2.30. The van der Waals surface area contributed by atoms with E-state index in [1.54, 1.807) is 0 Å². The summed E-state index contributed by atoms with van der Waals surface area (Å²) in [7, 11) is 0. The molecular weight excluding hydrogens is 382 g/mol. The Morgan fingerprint density at radius 1 is 1.25 bits per heavy atom. The molecule has 10 heteroatoms. The Balaban J connectivity index is 2.57. The van der Waals surface area contributed by atoms with Crippen LogP contribution in [0.2, 0.25) is 0 Å². The van der Waals surface area contributed by atoms with Crippen molar-refractivity contribution in [3.63, 3.8) is 0 Å². The molecule has 2 amide bonds. The largest absolute Gasteiger partial charge is 0.343 e. The minimum atomic E-state index is -1.08. The maximum absolute atomic E-state index is 12.4. The molecule has 9 nitrogen and oxygen atoms in total. The zero-order chi connectivity index (χ0) is 21.1. The first-order valence-electron chi connectivity index (χ1n) is 9.84. The summed E-state index contributed by atoms with van der Waals surface area (Å²) in [6, 6.07) is -3.14. The Labute approximate surface area is 171 Å². The van der Waals surface area contributed by atoms with E-state index in [2.05, 4.69) is 28.6 Å². The van der Waals surface area contributed by atoms with Crippen molar-refractivity contribution in [3.05, 3.63) is 0 Å². The van der Waals surface area contributed by atoms with Crippen LogP contribution in [0.5, 0.6) is 0 Å². The molecule has 0 spiro atoms. The first-order chi connectivity index (χ1) is 13.3. The van der Waals surface area contributed by atoms with Crippen LogP contribution in [-0.2, 0) is 19.2 Å². The number of hydrogen-bond acceptors (Lipinski definition) is 8. The summed E-state index contributed by atoms with van der Waals surface area (Å²) in [5, 5.41) is 8.21. The van der Waals surface area contributed by atoms with E-state index in [1.807, 2.05) is 6.92 Å². The number of piperazine rings is 1. The monoisotopic (exact) mass is 415 g/mol. The number of amides is 2. The lowest BCUT2D eigenvalue weighted by Crippen LogP contribution is -2.64. The van der Waals surface area contributed by atoms with Gasteiger partial charge in [-0.25, -0.2) is 0 Å². The third kappa shape index (κ3) is 7.50. The molecule has 0 unspecified atom stereocenters. The molecule has 0 aromatic rings. The zero-order valence-corrected chi connectivity index (χ0v) is 17.3. The molecule has 4 atom stereocenters. The van der Waals surface area contributed by atoms with Crippen LogP contribution >= 0.6 is 12.6 Å². The highest BCUT2D eigenvalue weighted by atomic mass is 32.1. The average Bonchev–Trinajstić information content (AvgIpc) is 2.69. The Morgan fingerprint density at radius 2 is 1.96 bits per heavy atom. The molecule has 1 heterocycles. The topological polar surface area (TPSA) is 156 Å². The predicted molar refractivity (Wildman–Crippen MR) is 110 cm³/mol. The first-order valence-corrected chi connectivity index (χ1v) is 10.5. The number of unbranched alkanes of at least 4 members (excludes halogenated alkanes) is 2. The predicted octanol–water partition coefficient (Wildman–Crippen LogP) is -1.36. The van der Waals surface area contributed by atoms with E-state index in [9.17, 15) is 19.2 Å². The number of nitrogens with one attached hydrogen (secondary N) is 3. The van der Waals surface area contributed by atoms with Crippen molar-refractivity contribution in [2.45, 2.75) is 69.6 Å². The van der Waals surface area contributed by atoms with E-state index >= 15 is 0 Å². The third-order valence-electron chi connectivity index (χ3n) is 4.73. The molecule has 1 aliphatic rings. The highest BCUT2D eigenvalue weighted by Gasteiger charge is 2.34. The third-order valence-corrected chi connectivity index (χ3v) is 5.09. The molecule has 1 saturated heterocycles. The molecule has 1 fully saturated rings. The summed E-state index contributed by atoms with van der Waals surface area (Å²) in [6.45, 7) is 2.79. The van der Waals surface area contributed by atoms with E-state index in [-0.39, 0.29) is 24.2 Å². The van der Waals surface area contributed by atoms with Gasteiger partial charge in [-0.15, -0.1) is 0 Å². The summed E-state index contributed by atoms with van der Waals surface area (Å²) in [6.07, 6.45) is 4.31. The number of carbonyl (C=O) groups is 4. The standard InChI is InChI=1S/C18H33N5O4S/c1-2-3-7-12-17(26)22-13(9-21-12)18(27)23-14(10-28)16(25)15(24)11(20)6-4-5-8-19/h11-14,21,28H,2-10,19-20H2,1H3,(H,22,26)(H,23,27)/t11-,12-,13+,14-/m0/s1. The Bertz CT molecular complexity index is 560. The molecule has 28 heavy (non-hydrogen) atoms. The first kappa shape index (κ1) is 24.5. The van der Waals surface area contributed by atoms with Crippen LogP contribution in [0.4, 0.5) is 0 Å². The van der Waals surface area contributed by atoms with Gasteiger partial charge in [0.05, 0.1) is 12.1 Å². The van der Waals surface area contributed by atoms with Gasteiger partial charge in [0.1, 0.15) is 12.1 Å². The molecule has 1 rings (SSSR count). The van der Waals surface area contributed by atoms with Gasteiger partial charge < -0.3 is 27.4 Å². The number of hydrogen-bond donors (Lipinski definition) is 6.